The second-order valence-corrected chi connectivity index (χ2v) is 4.35. The van der Waals surface area contributed by atoms with Gasteiger partial charge in [-0.3, -0.25) is 0 Å². The van der Waals surface area contributed by atoms with Crippen molar-refractivity contribution in [2.24, 2.45) is 4.99 Å². The Kier molecular flexibility index (Phi) is 2.62. The van der Waals surface area contributed by atoms with Gasteiger partial charge in [-0.05, 0) is 36.6 Å². The third kappa shape index (κ3) is 1.83. The lowest BCUT2D eigenvalue weighted by atomic mass is 9.97. The Bertz CT molecular complexity index is 391. The molecule has 1 aromatic carbocycles. The lowest BCUT2D eigenvalue weighted by Crippen LogP contribution is -2.08. The summed E-state index contributed by atoms with van der Waals surface area (Å²) in [6.07, 6.45) is 1.25. The van der Waals surface area contributed by atoms with Crippen molar-refractivity contribution in [3.63, 3.8) is 0 Å². The summed E-state index contributed by atoms with van der Waals surface area (Å²) in [6, 6.07) is 8.66. The first kappa shape index (κ1) is 9.85. The average molecular weight is 216 g/mol. The molecule has 1 fully saturated rings. The average Bonchev–Trinajstić information content (AvgIpc) is 3.03. The van der Waals surface area contributed by atoms with Crippen LogP contribution in [0.5, 0.6) is 0 Å². The second-order valence-electron chi connectivity index (χ2n) is 4.35. The summed E-state index contributed by atoms with van der Waals surface area (Å²) in [5.74, 6) is 1.48. The molecule has 3 heteroatoms. The molecule has 0 bridgehead atoms. The monoisotopic (exact) mass is 216 g/mol. The first-order valence-electron chi connectivity index (χ1n) is 5.92. The minimum Gasteiger partial charge on any atom is -0.476 e. The lowest BCUT2D eigenvalue weighted by Gasteiger charge is -2.09. The molecule has 0 aliphatic carbocycles. The molecule has 1 unspecified atom stereocenters. The van der Waals surface area contributed by atoms with Gasteiger partial charge in [0.05, 0.1) is 6.54 Å². The molecule has 1 aromatic rings. The van der Waals surface area contributed by atoms with Gasteiger partial charge in [0.25, 0.3) is 0 Å². The standard InChI is InChI=1S/C13H16N2O/c1-3-11(13-15-7-8-16-13)4-2-10(1)12-5-6-14-9-12/h1-4,12,14H,5-9H2. The molecule has 0 radical (unpaired) electrons. The Hall–Kier alpha value is -1.35. The molecule has 2 aliphatic heterocycles. The van der Waals surface area contributed by atoms with Crippen molar-refractivity contribution >= 4 is 5.90 Å². The van der Waals surface area contributed by atoms with E-state index in [1.807, 2.05) is 0 Å². The summed E-state index contributed by atoms with van der Waals surface area (Å²) in [4.78, 5) is 4.32. The van der Waals surface area contributed by atoms with E-state index >= 15 is 0 Å². The fraction of sp³-hybridized carbons (Fsp3) is 0.462. The normalized spacial score (nSPS) is 24.2. The molecule has 0 aromatic heterocycles. The van der Waals surface area contributed by atoms with Crippen molar-refractivity contribution in [3.8, 4) is 0 Å². The van der Waals surface area contributed by atoms with Gasteiger partial charge in [0.2, 0.25) is 5.90 Å². The Morgan fingerprint density at radius 2 is 2.12 bits per heavy atom. The zero-order chi connectivity index (χ0) is 10.8. The minimum atomic E-state index is 0.681. The van der Waals surface area contributed by atoms with E-state index in [2.05, 4.69) is 34.6 Å². The van der Waals surface area contributed by atoms with E-state index < -0.39 is 0 Å². The van der Waals surface area contributed by atoms with Crippen LogP contribution < -0.4 is 5.32 Å². The third-order valence-electron chi connectivity index (χ3n) is 3.27. The van der Waals surface area contributed by atoms with Gasteiger partial charge in [-0.15, -0.1) is 0 Å². The SMILES string of the molecule is c1cc(C2CCNC2)ccc1C1=NCCO1. The number of rotatable bonds is 2. The van der Waals surface area contributed by atoms with Crippen LogP contribution in [-0.4, -0.2) is 32.1 Å². The maximum Gasteiger partial charge on any atom is 0.216 e. The minimum absolute atomic E-state index is 0.681. The van der Waals surface area contributed by atoms with Gasteiger partial charge in [-0.2, -0.15) is 0 Å². The molecule has 1 saturated heterocycles. The molecule has 16 heavy (non-hydrogen) atoms. The predicted molar refractivity (Wildman–Crippen MR) is 64.0 cm³/mol. The zero-order valence-electron chi connectivity index (χ0n) is 9.28. The lowest BCUT2D eigenvalue weighted by molar-refractivity contribution is 0.348. The number of hydrogen-bond acceptors (Lipinski definition) is 3. The highest BCUT2D eigenvalue weighted by atomic mass is 16.5. The van der Waals surface area contributed by atoms with E-state index in [9.17, 15) is 0 Å². The van der Waals surface area contributed by atoms with Crippen LogP contribution in [0, 0.1) is 0 Å². The van der Waals surface area contributed by atoms with Gasteiger partial charge in [-0.25, -0.2) is 4.99 Å². The number of hydrogen-bond donors (Lipinski definition) is 1. The van der Waals surface area contributed by atoms with E-state index in [1.54, 1.807) is 0 Å². The molecule has 2 aliphatic rings. The summed E-state index contributed by atoms with van der Waals surface area (Å²) in [5, 5.41) is 3.39. The van der Waals surface area contributed by atoms with Gasteiger partial charge in [-0.1, -0.05) is 12.1 Å². The summed E-state index contributed by atoms with van der Waals surface area (Å²) < 4.78 is 5.44. The summed E-state index contributed by atoms with van der Waals surface area (Å²) >= 11 is 0. The van der Waals surface area contributed by atoms with Crippen molar-refractivity contribution < 1.29 is 4.74 Å². The number of aliphatic imine (C=N–C) groups is 1. The van der Waals surface area contributed by atoms with Gasteiger partial charge >= 0.3 is 0 Å². The number of benzene rings is 1. The van der Waals surface area contributed by atoms with Crippen LogP contribution in [-0.2, 0) is 4.74 Å². The topological polar surface area (TPSA) is 33.6 Å². The van der Waals surface area contributed by atoms with Crippen LogP contribution in [0.1, 0.15) is 23.5 Å². The Morgan fingerprint density at radius 1 is 1.25 bits per heavy atom. The number of nitrogens with one attached hydrogen (secondary N) is 1. The summed E-state index contributed by atoms with van der Waals surface area (Å²) in [7, 11) is 0. The van der Waals surface area contributed by atoms with Crippen molar-refractivity contribution in [1.82, 2.24) is 5.32 Å². The van der Waals surface area contributed by atoms with E-state index in [4.69, 9.17) is 4.74 Å². The van der Waals surface area contributed by atoms with Gasteiger partial charge in [0.1, 0.15) is 6.61 Å². The molecular weight excluding hydrogens is 200 g/mol. The molecule has 84 valence electrons. The smallest absolute Gasteiger partial charge is 0.216 e. The number of ether oxygens (including phenoxy) is 1. The van der Waals surface area contributed by atoms with Gasteiger partial charge < -0.3 is 10.1 Å². The van der Waals surface area contributed by atoms with E-state index in [-0.39, 0.29) is 0 Å². The molecule has 3 nitrogen and oxygen atoms in total. The van der Waals surface area contributed by atoms with Crippen LogP contribution >= 0.6 is 0 Å². The fourth-order valence-corrected chi connectivity index (χ4v) is 2.35. The summed E-state index contributed by atoms with van der Waals surface area (Å²) in [6.45, 7) is 3.77. The molecule has 0 spiro atoms. The molecular formula is C13H16N2O. The van der Waals surface area contributed by atoms with Crippen molar-refractivity contribution in [2.75, 3.05) is 26.2 Å². The van der Waals surface area contributed by atoms with E-state index in [0.717, 1.165) is 37.7 Å². The first-order valence-corrected chi connectivity index (χ1v) is 5.92. The molecule has 0 saturated carbocycles. The Balaban J connectivity index is 1.78. The van der Waals surface area contributed by atoms with Crippen molar-refractivity contribution in [2.45, 2.75) is 12.3 Å². The Morgan fingerprint density at radius 3 is 2.75 bits per heavy atom. The van der Waals surface area contributed by atoms with Gasteiger partial charge in [0.15, 0.2) is 0 Å². The Labute approximate surface area is 95.5 Å². The zero-order valence-corrected chi connectivity index (χ0v) is 9.28. The highest BCUT2D eigenvalue weighted by Crippen LogP contribution is 2.22. The molecule has 1 atom stereocenters. The van der Waals surface area contributed by atoms with Crippen LogP contribution in [0.15, 0.2) is 29.3 Å². The van der Waals surface area contributed by atoms with Crippen LogP contribution in [0.25, 0.3) is 0 Å². The van der Waals surface area contributed by atoms with Gasteiger partial charge in [0, 0.05) is 12.1 Å². The first-order chi connectivity index (χ1) is 7.93. The third-order valence-corrected chi connectivity index (χ3v) is 3.27. The van der Waals surface area contributed by atoms with Crippen molar-refractivity contribution in [1.29, 1.82) is 0 Å². The van der Waals surface area contributed by atoms with Crippen LogP contribution in [0.2, 0.25) is 0 Å². The highest BCUT2D eigenvalue weighted by molar-refractivity contribution is 5.94. The van der Waals surface area contributed by atoms with E-state index in [0.29, 0.717) is 5.92 Å². The van der Waals surface area contributed by atoms with E-state index in [1.165, 1.54) is 12.0 Å². The van der Waals surface area contributed by atoms with Crippen molar-refractivity contribution in [3.05, 3.63) is 35.4 Å². The largest absolute Gasteiger partial charge is 0.476 e. The second kappa shape index (κ2) is 4.26. The maximum absolute atomic E-state index is 5.44. The van der Waals surface area contributed by atoms with Crippen LogP contribution in [0.4, 0.5) is 0 Å². The number of nitrogens with zero attached hydrogens (tertiary/aromatic N) is 1. The van der Waals surface area contributed by atoms with Crippen LogP contribution in [0.3, 0.4) is 0 Å². The molecule has 2 heterocycles. The highest BCUT2D eigenvalue weighted by Gasteiger charge is 2.17. The fourth-order valence-electron chi connectivity index (χ4n) is 2.35. The molecule has 0 amide bonds. The quantitative estimate of drug-likeness (QED) is 0.813. The summed E-state index contributed by atoms with van der Waals surface area (Å²) in [5.41, 5.74) is 2.53. The predicted octanol–water partition coefficient (Wildman–Crippen LogP) is 1.54. The molecule has 3 rings (SSSR count). The molecule has 1 N–H and O–H groups in total. The maximum atomic E-state index is 5.44.